The lowest BCUT2D eigenvalue weighted by Crippen LogP contribution is -2.54. The minimum atomic E-state index is -3.68. The molecular weight excluding hydrogens is 350 g/mol. The van der Waals surface area contributed by atoms with E-state index in [0.717, 1.165) is 19.3 Å². The maximum Gasteiger partial charge on any atom is 0.240 e. The highest BCUT2D eigenvalue weighted by Gasteiger charge is 2.33. The van der Waals surface area contributed by atoms with Crippen LogP contribution in [0.15, 0.2) is 34.1 Å². The quantitative estimate of drug-likeness (QED) is 0.660. The molecule has 22 heavy (non-hydrogen) atoms. The first kappa shape index (κ1) is 19.3. The first-order valence-electron chi connectivity index (χ1n) is 6.51. The van der Waals surface area contributed by atoms with Gasteiger partial charge < -0.3 is 5.73 Å². The third-order valence-electron chi connectivity index (χ3n) is 3.68. The van der Waals surface area contributed by atoms with Gasteiger partial charge in [0.05, 0.1) is 9.79 Å². The Balaban J connectivity index is 0.00000242. The van der Waals surface area contributed by atoms with Gasteiger partial charge in [-0.05, 0) is 50.6 Å². The number of sulfonamides is 2. The highest BCUT2D eigenvalue weighted by atomic mass is 35.5. The molecule has 0 unspecified atom stereocenters. The van der Waals surface area contributed by atoms with Crippen LogP contribution in [0, 0.1) is 0 Å². The maximum absolute atomic E-state index is 12.1. The van der Waals surface area contributed by atoms with Crippen molar-refractivity contribution in [3.63, 3.8) is 0 Å². The van der Waals surface area contributed by atoms with Crippen LogP contribution < -0.4 is 15.2 Å². The first-order chi connectivity index (χ1) is 9.69. The molecule has 1 saturated carbocycles. The van der Waals surface area contributed by atoms with Crippen molar-refractivity contribution < 1.29 is 16.8 Å². The second-order valence-electron chi connectivity index (χ2n) is 5.22. The lowest BCUT2D eigenvalue weighted by Gasteiger charge is -2.37. The smallest absolute Gasteiger partial charge is 0.240 e. The summed E-state index contributed by atoms with van der Waals surface area (Å²) < 4.78 is 52.0. The standard InChI is InChI=1S/C12H19N3O4S2.ClH/c1-14-20(16,17)10-3-5-11(6-4-10)21(18,19)15-9-12(13)7-2-8-12;/h3-6,14-15H,2,7-9,13H2,1H3;1H. The molecule has 0 aromatic heterocycles. The van der Waals surface area contributed by atoms with Crippen molar-refractivity contribution in [2.75, 3.05) is 13.6 Å². The van der Waals surface area contributed by atoms with Crippen molar-refractivity contribution in [2.45, 2.75) is 34.6 Å². The molecule has 0 amide bonds. The Kier molecular flexibility index (Phi) is 5.99. The van der Waals surface area contributed by atoms with Crippen LogP contribution in [0.1, 0.15) is 19.3 Å². The molecule has 7 nitrogen and oxygen atoms in total. The van der Waals surface area contributed by atoms with Crippen molar-refractivity contribution in [3.05, 3.63) is 24.3 Å². The molecule has 0 aliphatic heterocycles. The minimum Gasteiger partial charge on any atom is -0.324 e. The summed E-state index contributed by atoms with van der Waals surface area (Å²) in [4.78, 5) is 0.0266. The summed E-state index contributed by atoms with van der Waals surface area (Å²) in [5.74, 6) is 0. The first-order valence-corrected chi connectivity index (χ1v) is 9.47. The van der Waals surface area contributed by atoms with Gasteiger partial charge >= 0.3 is 0 Å². The van der Waals surface area contributed by atoms with Crippen LogP contribution in [0.25, 0.3) is 0 Å². The third-order valence-corrected chi connectivity index (χ3v) is 6.52. The number of rotatable bonds is 6. The van der Waals surface area contributed by atoms with Crippen LogP contribution >= 0.6 is 12.4 Å². The second kappa shape index (κ2) is 6.81. The van der Waals surface area contributed by atoms with Gasteiger partial charge in [-0.3, -0.25) is 0 Å². The number of benzene rings is 1. The molecular formula is C12H20ClN3O4S2. The molecule has 0 bridgehead atoms. The number of halogens is 1. The second-order valence-corrected chi connectivity index (χ2v) is 8.87. The van der Waals surface area contributed by atoms with E-state index in [0.29, 0.717) is 0 Å². The van der Waals surface area contributed by atoms with Crippen molar-refractivity contribution in [1.29, 1.82) is 0 Å². The fourth-order valence-electron chi connectivity index (χ4n) is 2.05. The van der Waals surface area contributed by atoms with Crippen LogP contribution in [0.5, 0.6) is 0 Å². The van der Waals surface area contributed by atoms with E-state index in [-0.39, 0.29) is 28.7 Å². The summed E-state index contributed by atoms with van der Waals surface area (Å²) in [5.41, 5.74) is 5.52. The molecule has 10 heteroatoms. The maximum atomic E-state index is 12.1. The molecule has 0 heterocycles. The van der Waals surface area contributed by atoms with Crippen molar-refractivity contribution in [3.8, 4) is 0 Å². The zero-order valence-corrected chi connectivity index (χ0v) is 14.5. The average molecular weight is 370 g/mol. The van der Waals surface area contributed by atoms with Crippen LogP contribution in [0.3, 0.4) is 0 Å². The highest BCUT2D eigenvalue weighted by Crippen LogP contribution is 2.28. The van der Waals surface area contributed by atoms with Gasteiger partial charge in [-0.2, -0.15) is 0 Å². The molecule has 4 N–H and O–H groups in total. The molecule has 1 aromatic carbocycles. The Morgan fingerprint density at radius 2 is 1.50 bits per heavy atom. The Bertz CT molecular complexity index is 713. The summed E-state index contributed by atoms with van der Waals surface area (Å²) in [7, 11) is -5.97. The van der Waals surface area contributed by atoms with Crippen molar-refractivity contribution in [1.82, 2.24) is 9.44 Å². The van der Waals surface area contributed by atoms with Crippen molar-refractivity contribution in [2.24, 2.45) is 5.73 Å². The normalized spacial score (nSPS) is 17.4. The number of nitrogens with two attached hydrogens (primary N) is 1. The Labute approximate surface area is 137 Å². The lowest BCUT2D eigenvalue weighted by molar-refractivity contribution is 0.251. The van der Waals surface area contributed by atoms with E-state index in [1.54, 1.807) is 0 Å². The largest absolute Gasteiger partial charge is 0.324 e. The Morgan fingerprint density at radius 1 is 1.05 bits per heavy atom. The fourth-order valence-corrected chi connectivity index (χ4v) is 3.91. The fraction of sp³-hybridized carbons (Fsp3) is 0.500. The molecule has 1 fully saturated rings. The summed E-state index contributed by atoms with van der Waals surface area (Å²) in [5, 5.41) is 0. The SMILES string of the molecule is CNS(=O)(=O)c1ccc(S(=O)(=O)NCC2(N)CCC2)cc1.Cl. The van der Waals surface area contributed by atoms with E-state index in [2.05, 4.69) is 9.44 Å². The molecule has 2 rings (SSSR count). The summed E-state index contributed by atoms with van der Waals surface area (Å²) in [6.45, 7) is 0.186. The predicted octanol–water partition coefficient (Wildman–Crippen LogP) is 0.176. The number of hydrogen-bond acceptors (Lipinski definition) is 5. The van der Waals surface area contributed by atoms with Gasteiger partial charge in [-0.15, -0.1) is 12.4 Å². The predicted molar refractivity (Wildman–Crippen MR) is 85.9 cm³/mol. The van der Waals surface area contributed by atoms with Gasteiger partial charge in [0.25, 0.3) is 0 Å². The molecule has 1 aliphatic carbocycles. The molecule has 0 saturated heterocycles. The molecule has 0 spiro atoms. The number of nitrogens with one attached hydrogen (secondary N) is 2. The van der Waals surface area contributed by atoms with E-state index in [1.807, 2.05) is 0 Å². The zero-order chi connectivity index (χ0) is 15.7. The summed E-state index contributed by atoms with van der Waals surface area (Å²) in [6.07, 6.45) is 2.61. The van der Waals surface area contributed by atoms with Gasteiger partial charge in [0.15, 0.2) is 0 Å². The van der Waals surface area contributed by atoms with Crippen molar-refractivity contribution >= 4 is 32.5 Å². The van der Waals surface area contributed by atoms with Gasteiger partial charge in [-0.25, -0.2) is 26.3 Å². The summed E-state index contributed by atoms with van der Waals surface area (Å²) >= 11 is 0. The van der Waals surface area contributed by atoms with Gasteiger partial charge in [0.2, 0.25) is 20.0 Å². The van der Waals surface area contributed by atoms with E-state index < -0.39 is 25.6 Å². The molecule has 1 aliphatic rings. The van der Waals surface area contributed by atoms with E-state index >= 15 is 0 Å². The Morgan fingerprint density at radius 3 is 1.86 bits per heavy atom. The van der Waals surface area contributed by atoms with Crippen LogP contribution in [-0.2, 0) is 20.0 Å². The third kappa shape index (κ3) is 4.18. The molecule has 0 atom stereocenters. The average Bonchev–Trinajstić information content (AvgIpc) is 2.43. The van der Waals surface area contributed by atoms with Gasteiger partial charge in [0, 0.05) is 12.1 Å². The number of hydrogen-bond donors (Lipinski definition) is 3. The van der Waals surface area contributed by atoms with Crippen LogP contribution in [-0.4, -0.2) is 36.0 Å². The molecule has 1 aromatic rings. The lowest BCUT2D eigenvalue weighted by atomic mass is 9.78. The van der Waals surface area contributed by atoms with Crippen LogP contribution in [0.2, 0.25) is 0 Å². The minimum absolute atomic E-state index is 0. The zero-order valence-electron chi connectivity index (χ0n) is 12.1. The monoisotopic (exact) mass is 369 g/mol. The Hall–Kier alpha value is -0.710. The van der Waals surface area contributed by atoms with E-state index in [1.165, 1.54) is 31.3 Å². The topological polar surface area (TPSA) is 118 Å². The highest BCUT2D eigenvalue weighted by molar-refractivity contribution is 7.90. The van der Waals surface area contributed by atoms with Gasteiger partial charge in [0.1, 0.15) is 0 Å². The van der Waals surface area contributed by atoms with E-state index in [9.17, 15) is 16.8 Å². The molecule has 0 radical (unpaired) electrons. The molecule has 126 valence electrons. The summed E-state index contributed by atoms with van der Waals surface area (Å²) in [6, 6.07) is 5.02. The van der Waals surface area contributed by atoms with E-state index in [4.69, 9.17) is 5.73 Å². The van der Waals surface area contributed by atoms with Crippen LogP contribution in [0.4, 0.5) is 0 Å². The van der Waals surface area contributed by atoms with Gasteiger partial charge in [-0.1, -0.05) is 0 Å².